The van der Waals surface area contributed by atoms with Crippen LogP contribution in [0.25, 0.3) is 0 Å². The lowest BCUT2D eigenvalue weighted by atomic mass is 10.2. The number of nitrogens with zero attached hydrogens (tertiary/aromatic N) is 2. The van der Waals surface area contributed by atoms with Gasteiger partial charge in [-0.05, 0) is 19.8 Å². The molecule has 0 radical (unpaired) electrons. The first-order valence-corrected chi connectivity index (χ1v) is 6.04. The maximum Gasteiger partial charge on any atom is 0.320 e. The average molecular weight is 224 g/mol. The summed E-state index contributed by atoms with van der Waals surface area (Å²) in [5.74, 6) is -0.174. The third-order valence-corrected chi connectivity index (χ3v) is 2.99. The van der Waals surface area contributed by atoms with Crippen LogP contribution >= 0.6 is 0 Å². The van der Waals surface area contributed by atoms with E-state index in [4.69, 9.17) is 10.00 Å². The molecule has 0 aromatic rings. The zero-order valence-corrected chi connectivity index (χ0v) is 9.95. The molecule has 0 aliphatic heterocycles. The zero-order valence-electron chi connectivity index (χ0n) is 9.95. The normalized spacial score (nSPS) is 16.3. The lowest BCUT2D eigenvalue weighted by Crippen LogP contribution is -2.38. The van der Waals surface area contributed by atoms with Crippen molar-refractivity contribution in [3.63, 3.8) is 0 Å². The molecule has 1 aliphatic rings. The Labute approximate surface area is 97.2 Å². The Hall–Kier alpha value is -1.08. The van der Waals surface area contributed by atoms with Crippen LogP contribution in [0, 0.1) is 11.3 Å². The Morgan fingerprint density at radius 3 is 2.75 bits per heavy atom. The highest BCUT2D eigenvalue weighted by Gasteiger charge is 2.24. The molecule has 0 N–H and O–H groups in total. The molecule has 1 fully saturated rings. The number of hydrogen-bond donors (Lipinski definition) is 0. The van der Waals surface area contributed by atoms with Crippen molar-refractivity contribution < 1.29 is 9.53 Å². The van der Waals surface area contributed by atoms with Gasteiger partial charge in [-0.25, -0.2) is 0 Å². The number of carbonyl (C=O) groups is 1. The molecule has 0 bridgehead atoms. The highest BCUT2D eigenvalue weighted by Crippen LogP contribution is 2.23. The number of nitriles is 1. The van der Waals surface area contributed by atoms with Crippen LogP contribution in [0.4, 0.5) is 0 Å². The SMILES string of the molecule is CCOC(=O)CN(CCC#N)C1CCCC1. The Morgan fingerprint density at radius 1 is 1.50 bits per heavy atom. The second kappa shape index (κ2) is 7.24. The lowest BCUT2D eigenvalue weighted by Gasteiger charge is -2.26. The van der Waals surface area contributed by atoms with Gasteiger partial charge in [-0.2, -0.15) is 5.26 Å². The summed E-state index contributed by atoms with van der Waals surface area (Å²) in [6.07, 6.45) is 5.23. The van der Waals surface area contributed by atoms with E-state index in [-0.39, 0.29) is 5.97 Å². The molecule has 0 unspecified atom stereocenters. The fraction of sp³-hybridized carbons (Fsp3) is 0.833. The molecule has 1 rings (SSSR count). The number of esters is 1. The first kappa shape index (κ1) is 13.0. The van der Waals surface area contributed by atoms with Gasteiger partial charge in [0.1, 0.15) is 0 Å². The minimum Gasteiger partial charge on any atom is -0.465 e. The van der Waals surface area contributed by atoms with Crippen molar-refractivity contribution in [2.75, 3.05) is 19.7 Å². The summed E-state index contributed by atoms with van der Waals surface area (Å²) in [5.41, 5.74) is 0. The maximum absolute atomic E-state index is 11.4. The highest BCUT2D eigenvalue weighted by molar-refractivity contribution is 5.71. The zero-order chi connectivity index (χ0) is 11.8. The Balaban J connectivity index is 2.42. The van der Waals surface area contributed by atoms with Crippen LogP contribution < -0.4 is 0 Å². The van der Waals surface area contributed by atoms with Crippen molar-refractivity contribution >= 4 is 5.97 Å². The molecule has 4 heteroatoms. The van der Waals surface area contributed by atoms with Crippen LogP contribution in [0.1, 0.15) is 39.0 Å². The molecule has 90 valence electrons. The third-order valence-electron chi connectivity index (χ3n) is 2.99. The molecule has 1 aliphatic carbocycles. The first-order valence-electron chi connectivity index (χ1n) is 6.04. The van der Waals surface area contributed by atoms with E-state index < -0.39 is 0 Å². The van der Waals surface area contributed by atoms with Crippen molar-refractivity contribution in [1.82, 2.24) is 4.90 Å². The minimum atomic E-state index is -0.174. The predicted molar refractivity (Wildman–Crippen MR) is 60.7 cm³/mol. The van der Waals surface area contributed by atoms with Gasteiger partial charge < -0.3 is 4.74 Å². The summed E-state index contributed by atoms with van der Waals surface area (Å²) in [4.78, 5) is 13.5. The van der Waals surface area contributed by atoms with E-state index in [0.29, 0.717) is 32.2 Å². The van der Waals surface area contributed by atoms with Crippen molar-refractivity contribution in [3.05, 3.63) is 0 Å². The van der Waals surface area contributed by atoms with Gasteiger partial charge in [-0.15, -0.1) is 0 Å². The Morgan fingerprint density at radius 2 is 2.19 bits per heavy atom. The van der Waals surface area contributed by atoms with Gasteiger partial charge >= 0.3 is 5.97 Å². The summed E-state index contributed by atoms with van der Waals surface area (Å²) < 4.78 is 4.95. The largest absolute Gasteiger partial charge is 0.465 e. The third kappa shape index (κ3) is 4.19. The van der Waals surface area contributed by atoms with E-state index >= 15 is 0 Å². The van der Waals surface area contributed by atoms with E-state index in [9.17, 15) is 4.79 Å². The lowest BCUT2D eigenvalue weighted by molar-refractivity contribution is -0.145. The summed E-state index contributed by atoms with van der Waals surface area (Å²) in [7, 11) is 0. The van der Waals surface area contributed by atoms with Crippen LogP contribution in [0.15, 0.2) is 0 Å². The van der Waals surface area contributed by atoms with Gasteiger partial charge in [-0.3, -0.25) is 9.69 Å². The Kier molecular flexibility index (Phi) is 5.87. The van der Waals surface area contributed by atoms with Crippen molar-refractivity contribution in [1.29, 1.82) is 5.26 Å². The summed E-state index contributed by atoms with van der Waals surface area (Å²) >= 11 is 0. The predicted octanol–water partition coefficient (Wildman–Crippen LogP) is 1.71. The monoisotopic (exact) mass is 224 g/mol. The minimum absolute atomic E-state index is 0.174. The van der Waals surface area contributed by atoms with Gasteiger partial charge in [0.25, 0.3) is 0 Å². The molecule has 16 heavy (non-hydrogen) atoms. The van der Waals surface area contributed by atoms with Gasteiger partial charge in [0.15, 0.2) is 0 Å². The number of carbonyl (C=O) groups excluding carboxylic acids is 1. The van der Waals surface area contributed by atoms with Crippen LogP contribution in [0.2, 0.25) is 0 Å². The van der Waals surface area contributed by atoms with Crippen molar-refractivity contribution in [2.45, 2.75) is 45.1 Å². The standard InChI is InChI=1S/C12H20N2O2/c1-2-16-12(15)10-14(9-5-8-13)11-6-3-4-7-11/h11H,2-7,9-10H2,1H3. The molecular formula is C12H20N2O2. The smallest absolute Gasteiger partial charge is 0.320 e. The molecule has 0 aromatic carbocycles. The number of ether oxygens (including phenoxy) is 1. The van der Waals surface area contributed by atoms with Gasteiger partial charge in [0.05, 0.1) is 19.2 Å². The fourth-order valence-corrected chi connectivity index (χ4v) is 2.23. The van der Waals surface area contributed by atoms with E-state index in [0.717, 1.165) is 12.8 Å². The average Bonchev–Trinajstić information content (AvgIpc) is 2.77. The molecule has 0 spiro atoms. The summed E-state index contributed by atoms with van der Waals surface area (Å²) in [5, 5.41) is 8.60. The second-order valence-corrected chi connectivity index (χ2v) is 4.12. The molecule has 0 amide bonds. The summed E-state index contributed by atoms with van der Waals surface area (Å²) in [6, 6.07) is 2.60. The molecule has 0 aromatic heterocycles. The van der Waals surface area contributed by atoms with E-state index in [1.165, 1.54) is 12.8 Å². The molecular weight excluding hydrogens is 204 g/mol. The molecule has 0 atom stereocenters. The van der Waals surface area contributed by atoms with Crippen LogP contribution in [-0.4, -0.2) is 36.6 Å². The Bertz CT molecular complexity index is 254. The molecule has 0 heterocycles. The van der Waals surface area contributed by atoms with Crippen LogP contribution in [0.3, 0.4) is 0 Å². The van der Waals surface area contributed by atoms with E-state index in [1.54, 1.807) is 0 Å². The van der Waals surface area contributed by atoms with Crippen LogP contribution in [0.5, 0.6) is 0 Å². The second-order valence-electron chi connectivity index (χ2n) is 4.12. The fourth-order valence-electron chi connectivity index (χ4n) is 2.23. The van der Waals surface area contributed by atoms with E-state index in [1.807, 2.05) is 6.92 Å². The quantitative estimate of drug-likeness (QED) is 0.644. The van der Waals surface area contributed by atoms with Gasteiger partial charge in [0.2, 0.25) is 0 Å². The van der Waals surface area contributed by atoms with Crippen molar-refractivity contribution in [2.24, 2.45) is 0 Å². The number of rotatable bonds is 6. The highest BCUT2D eigenvalue weighted by atomic mass is 16.5. The molecule has 4 nitrogen and oxygen atoms in total. The number of hydrogen-bond acceptors (Lipinski definition) is 4. The van der Waals surface area contributed by atoms with E-state index in [2.05, 4.69) is 11.0 Å². The first-order chi connectivity index (χ1) is 7.77. The maximum atomic E-state index is 11.4. The molecule has 1 saturated carbocycles. The van der Waals surface area contributed by atoms with Crippen molar-refractivity contribution in [3.8, 4) is 6.07 Å². The molecule has 0 saturated heterocycles. The van der Waals surface area contributed by atoms with Crippen LogP contribution in [-0.2, 0) is 9.53 Å². The van der Waals surface area contributed by atoms with Gasteiger partial charge in [-0.1, -0.05) is 12.8 Å². The topological polar surface area (TPSA) is 53.3 Å². The van der Waals surface area contributed by atoms with Gasteiger partial charge in [0, 0.05) is 19.0 Å². The summed E-state index contributed by atoms with van der Waals surface area (Å²) in [6.45, 7) is 3.25.